The second kappa shape index (κ2) is 6.78. The van der Waals surface area contributed by atoms with Gasteiger partial charge in [-0.15, -0.1) is 0 Å². The van der Waals surface area contributed by atoms with Gasteiger partial charge in [-0.25, -0.2) is 9.97 Å². The highest BCUT2D eigenvalue weighted by Gasteiger charge is 2.13. The highest BCUT2D eigenvalue weighted by Crippen LogP contribution is 2.36. The third kappa shape index (κ3) is 2.73. The summed E-state index contributed by atoms with van der Waals surface area (Å²) in [6.45, 7) is 0. The molecule has 0 aliphatic heterocycles. The van der Waals surface area contributed by atoms with Gasteiger partial charge in [0, 0.05) is 10.8 Å². The Kier molecular flexibility index (Phi) is 3.82. The van der Waals surface area contributed by atoms with Crippen molar-refractivity contribution in [1.82, 2.24) is 9.97 Å². The molecular formula is C28H18N2. The quantitative estimate of drug-likeness (QED) is 0.294. The zero-order chi connectivity index (χ0) is 19.9. The molecule has 30 heavy (non-hydrogen) atoms. The van der Waals surface area contributed by atoms with Crippen LogP contribution in [-0.2, 0) is 0 Å². The van der Waals surface area contributed by atoms with Gasteiger partial charge in [0.05, 0.1) is 22.4 Å². The Balaban J connectivity index is 1.69. The molecule has 2 aromatic heterocycles. The Labute approximate surface area is 174 Å². The lowest BCUT2D eigenvalue weighted by atomic mass is 9.95. The molecule has 0 spiro atoms. The highest BCUT2D eigenvalue weighted by atomic mass is 14.8. The second-order valence-corrected chi connectivity index (χ2v) is 7.49. The van der Waals surface area contributed by atoms with Gasteiger partial charge < -0.3 is 0 Å². The molecule has 0 amide bonds. The van der Waals surface area contributed by atoms with E-state index in [2.05, 4.69) is 91.0 Å². The van der Waals surface area contributed by atoms with Crippen molar-refractivity contribution in [3.8, 4) is 22.5 Å². The standard InChI is InChI=1S/C28H18N2/c1-2-8-19(9-3-1)23-18-27(25-16-15-21-11-5-7-13-24(21)29-25)30-26-17-14-20-10-4-6-12-22(20)28(23)26/h1-18H. The maximum atomic E-state index is 5.03. The summed E-state index contributed by atoms with van der Waals surface area (Å²) in [6, 6.07) is 37.9. The second-order valence-electron chi connectivity index (χ2n) is 7.49. The molecule has 2 nitrogen and oxygen atoms in total. The first kappa shape index (κ1) is 16.9. The largest absolute Gasteiger partial charge is 0.246 e. The maximum absolute atomic E-state index is 5.03. The van der Waals surface area contributed by atoms with Crippen molar-refractivity contribution in [2.45, 2.75) is 0 Å². The van der Waals surface area contributed by atoms with Crippen molar-refractivity contribution in [1.29, 1.82) is 0 Å². The van der Waals surface area contributed by atoms with E-state index in [4.69, 9.17) is 9.97 Å². The van der Waals surface area contributed by atoms with E-state index >= 15 is 0 Å². The molecule has 140 valence electrons. The van der Waals surface area contributed by atoms with E-state index in [0.29, 0.717) is 0 Å². The monoisotopic (exact) mass is 382 g/mol. The fourth-order valence-electron chi connectivity index (χ4n) is 4.19. The normalized spacial score (nSPS) is 11.3. The molecular weight excluding hydrogens is 364 g/mol. The van der Waals surface area contributed by atoms with E-state index in [0.717, 1.165) is 27.8 Å². The molecule has 0 atom stereocenters. The van der Waals surface area contributed by atoms with Gasteiger partial charge in [0.2, 0.25) is 0 Å². The average molecular weight is 382 g/mol. The van der Waals surface area contributed by atoms with Crippen LogP contribution in [0.4, 0.5) is 0 Å². The van der Waals surface area contributed by atoms with Crippen LogP contribution in [0, 0.1) is 0 Å². The van der Waals surface area contributed by atoms with Gasteiger partial charge in [0.15, 0.2) is 0 Å². The van der Waals surface area contributed by atoms with E-state index in [1.165, 1.54) is 27.3 Å². The molecule has 0 N–H and O–H groups in total. The Morgan fingerprint density at radius 2 is 1.17 bits per heavy atom. The van der Waals surface area contributed by atoms with E-state index < -0.39 is 0 Å². The molecule has 0 saturated carbocycles. The van der Waals surface area contributed by atoms with Gasteiger partial charge in [-0.2, -0.15) is 0 Å². The first-order valence-electron chi connectivity index (χ1n) is 10.1. The summed E-state index contributed by atoms with van der Waals surface area (Å²) < 4.78 is 0. The molecule has 0 saturated heterocycles. The molecule has 0 radical (unpaired) electrons. The van der Waals surface area contributed by atoms with E-state index in [9.17, 15) is 0 Å². The number of fused-ring (bicyclic) bond motifs is 4. The molecule has 6 rings (SSSR count). The smallest absolute Gasteiger partial charge is 0.0900 e. The average Bonchev–Trinajstić information content (AvgIpc) is 2.83. The van der Waals surface area contributed by atoms with Crippen molar-refractivity contribution in [3.63, 3.8) is 0 Å². The lowest BCUT2D eigenvalue weighted by Gasteiger charge is -2.13. The summed E-state index contributed by atoms with van der Waals surface area (Å²) in [7, 11) is 0. The van der Waals surface area contributed by atoms with Gasteiger partial charge >= 0.3 is 0 Å². The zero-order valence-electron chi connectivity index (χ0n) is 16.3. The predicted octanol–water partition coefficient (Wildman–Crippen LogP) is 7.27. The maximum Gasteiger partial charge on any atom is 0.0900 e. The van der Waals surface area contributed by atoms with Crippen LogP contribution in [-0.4, -0.2) is 9.97 Å². The minimum atomic E-state index is 0.890. The summed E-state index contributed by atoms with van der Waals surface area (Å²) >= 11 is 0. The van der Waals surface area contributed by atoms with Crippen molar-refractivity contribution in [3.05, 3.63) is 109 Å². The Morgan fingerprint density at radius 1 is 0.467 bits per heavy atom. The number of benzene rings is 4. The van der Waals surface area contributed by atoms with Gasteiger partial charge in [-0.05, 0) is 46.2 Å². The van der Waals surface area contributed by atoms with Crippen LogP contribution in [0.3, 0.4) is 0 Å². The lowest BCUT2D eigenvalue weighted by Crippen LogP contribution is -1.93. The van der Waals surface area contributed by atoms with Crippen LogP contribution >= 0.6 is 0 Å². The summed E-state index contributed by atoms with van der Waals surface area (Å²) in [4.78, 5) is 9.91. The molecule has 0 fully saturated rings. The van der Waals surface area contributed by atoms with Crippen molar-refractivity contribution in [2.75, 3.05) is 0 Å². The Morgan fingerprint density at radius 3 is 2.07 bits per heavy atom. The van der Waals surface area contributed by atoms with E-state index in [1.54, 1.807) is 0 Å². The fraction of sp³-hybridized carbons (Fsp3) is 0. The van der Waals surface area contributed by atoms with Crippen molar-refractivity contribution >= 4 is 32.6 Å². The molecule has 0 unspecified atom stereocenters. The van der Waals surface area contributed by atoms with Crippen molar-refractivity contribution in [2.24, 2.45) is 0 Å². The third-order valence-corrected chi connectivity index (χ3v) is 5.64. The molecule has 0 aliphatic rings. The summed E-state index contributed by atoms with van der Waals surface area (Å²) in [5.74, 6) is 0. The number of hydrogen-bond donors (Lipinski definition) is 0. The third-order valence-electron chi connectivity index (χ3n) is 5.64. The Hall–Kier alpha value is -4.04. The SMILES string of the molecule is c1ccc(-c2cc(-c3ccc4ccccc4n3)nc3ccc4ccccc4c23)cc1. The molecule has 2 heterocycles. The minimum absolute atomic E-state index is 0.890. The number of para-hydroxylation sites is 1. The number of rotatable bonds is 2. The first-order valence-corrected chi connectivity index (χ1v) is 10.1. The molecule has 2 heteroatoms. The Bertz CT molecular complexity index is 1540. The van der Waals surface area contributed by atoms with E-state index in [1.807, 2.05) is 18.2 Å². The van der Waals surface area contributed by atoms with E-state index in [-0.39, 0.29) is 0 Å². The molecule has 0 bridgehead atoms. The number of nitrogens with zero attached hydrogens (tertiary/aromatic N) is 2. The number of hydrogen-bond acceptors (Lipinski definition) is 2. The molecule has 6 aromatic rings. The van der Waals surface area contributed by atoms with Gasteiger partial charge in [-0.1, -0.05) is 84.9 Å². The highest BCUT2D eigenvalue weighted by molar-refractivity contribution is 6.13. The zero-order valence-corrected chi connectivity index (χ0v) is 16.3. The van der Waals surface area contributed by atoms with Gasteiger partial charge in [-0.3, -0.25) is 0 Å². The minimum Gasteiger partial charge on any atom is -0.246 e. The summed E-state index contributed by atoms with van der Waals surface area (Å²) in [6.07, 6.45) is 0. The van der Waals surface area contributed by atoms with Crippen LogP contribution in [0.15, 0.2) is 109 Å². The van der Waals surface area contributed by atoms with Crippen LogP contribution in [0.1, 0.15) is 0 Å². The summed E-state index contributed by atoms with van der Waals surface area (Å²) in [5.41, 5.74) is 6.12. The van der Waals surface area contributed by atoms with Crippen LogP contribution in [0.2, 0.25) is 0 Å². The summed E-state index contributed by atoms with van der Waals surface area (Å²) in [5, 5.41) is 4.76. The van der Waals surface area contributed by atoms with Crippen LogP contribution < -0.4 is 0 Å². The number of aromatic nitrogens is 2. The number of pyridine rings is 2. The molecule has 4 aromatic carbocycles. The van der Waals surface area contributed by atoms with Gasteiger partial charge in [0.1, 0.15) is 0 Å². The first-order chi connectivity index (χ1) is 14.9. The van der Waals surface area contributed by atoms with Gasteiger partial charge in [0.25, 0.3) is 0 Å². The van der Waals surface area contributed by atoms with Crippen molar-refractivity contribution < 1.29 is 0 Å². The van der Waals surface area contributed by atoms with Crippen LogP contribution in [0.5, 0.6) is 0 Å². The topological polar surface area (TPSA) is 25.8 Å². The predicted molar refractivity (Wildman–Crippen MR) is 125 cm³/mol. The lowest BCUT2D eigenvalue weighted by molar-refractivity contribution is 1.32. The fourth-order valence-corrected chi connectivity index (χ4v) is 4.19. The van der Waals surface area contributed by atoms with Crippen LogP contribution in [0.25, 0.3) is 55.1 Å². The molecule has 0 aliphatic carbocycles.